The van der Waals surface area contributed by atoms with Crippen molar-refractivity contribution in [2.45, 2.75) is 50.7 Å². The molecule has 168 valence electrons. The Kier molecular flexibility index (Phi) is 5.87. The summed E-state index contributed by atoms with van der Waals surface area (Å²) in [5, 5.41) is 6.31. The van der Waals surface area contributed by atoms with Crippen LogP contribution in [0, 0.1) is 0 Å². The molecule has 0 unspecified atom stereocenters. The number of fused-ring (bicyclic) bond motifs is 2. The van der Waals surface area contributed by atoms with Gasteiger partial charge in [0.2, 0.25) is 0 Å². The van der Waals surface area contributed by atoms with Crippen molar-refractivity contribution < 1.29 is 24.3 Å². The van der Waals surface area contributed by atoms with Gasteiger partial charge in [0.25, 0.3) is 0 Å². The standard InChI is InChI=1S/C25H29N3O4/c1-15(2)16-7-9-18(10-8-16)28-25(29)32-22-14-31-23-21(13-30-24(22)23)27-12-17-11-26-20-6-4-3-5-19(17)20/h3-11,15,21-24,26-27H,12-14H2,1-2H3,(H,28,29)/p+1/t21-,22+,23+,24+/m0/s1. The van der Waals surface area contributed by atoms with E-state index in [1.807, 2.05) is 30.3 Å². The van der Waals surface area contributed by atoms with Crippen LogP contribution in [-0.4, -0.2) is 48.6 Å². The van der Waals surface area contributed by atoms with Crippen molar-refractivity contribution in [3.05, 3.63) is 65.9 Å². The Bertz CT molecular complexity index is 1080. The van der Waals surface area contributed by atoms with Crippen LogP contribution < -0.4 is 10.6 Å². The second kappa shape index (κ2) is 8.94. The molecule has 4 atom stereocenters. The number of aromatic nitrogens is 1. The number of aromatic amines is 1. The molecule has 0 bridgehead atoms. The summed E-state index contributed by atoms with van der Waals surface area (Å²) in [5.74, 6) is 0.448. The summed E-state index contributed by atoms with van der Waals surface area (Å²) in [6.45, 7) is 6.05. The number of hydrogen-bond acceptors (Lipinski definition) is 4. The van der Waals surface area contributed by atoms with E-state index in [0.717, 1.165) is 12.1 Å². The number of benzene rings is 2. The molecule has 4 N–H and O–H groups in total. The summed E-state index contributed by atoms with van der Waals surface area (Å²) >= 11 is 0. The van der Waals surface area contributed by atoms with Crippen LogP contribution in [0.15, 0.2) is 54.7 Å². The van der Waals surface area contributed by atoms with Crippen LogP contribution in [0.1, 0.15) is 30.9 Å². The van der Waals surface area contributed by atoms with E-state index in [0.29, 0.717) is 24.8 Å². The van der Waals surface area contributed by atoms with E-state index in [2.05, 4.69) is 53.9 Å². The third-order valence-corrected chi connectivity index (χ3v) is 6.44. The van der Waals surface area contributed by atoms with Crippen molar-refractivity contribution in [1.82, 2.24) is 4.98 Å². The summed E-state index contributed by atoms with van der Waals surface area (Å²) in [6, 6.07) is 16.3. The third kappa shape index (κ3) is 4.24. The SMILES string of the molecule is CC(C)c1ccc(NC(=O)O[C@@H]2CO[C@H]3[C@@H]2OC[C@@H]3[NH2+]Cc2c[nH]c3ccccc23)cc1. The second-order valence-electron chi connectivity index (χ2n) is 8.90. The fourth-order valence-corrected chi connectivity index (χ4v) is 4.61. The maximum absolute atomic E-state index is 12.4. The Labute approximate surface area is 187 Å². The molecule has 2 aliphatic rings. The van der Waals surface area contributed by atoms with Gasteiger partial charge in [-0.1, -0.05) is 44.2 Å². The van der Waals surface area contributed by atoms with Crippen LogP contribution >= 0.6 is 0 Å². The van der Waals surface area contributed by atoms with Crippen LogP contribution in [0.5, 0.6) is 0 Å². The highest BCUT2D eigenvalue weighted by Crippen LogP contribution is 2.28. The number of carbonyl (C=O) groups is 1. The van der Waals surface area contributed by atoms with Gasteiger partial charge in [-0.3, -0.25) is 5.32 Å². The topological polar surface area (TPSA) is 89.2 Å². The van der Waals surface area contributed by atoms with Crippen molar-refractivity contribution in [1.29, 1.82) is 0 Å². The molecule has 3 heterocycles. The number of para-hydroxylation sites is 1. The number of H-pyrrole nitrogens is 1. The highest BCUT2D eigenvalue weighted by molar-refractivity contribution is 5.84. The second-order valence-corrected chi connectivity index (χ2v) is 8.90. The highest BCUT2D eigenvalue weighted by atomic mass is 16.6. The number of anilines is 1. The van der Waals surface area contributed by atoms with E-state index in [4.69, 9.17) is 14.2 Å². The van der Waals surface area contributed by atoms with Gasteiger partial charge in [0.1, 0.15) is 31.4 Å². The first kappa shape index (κ1) is 21.0. The summed E-state index contributed by atoms with van der Waals surface area (Å²) in [4.78, 5) is 15.7. The largest absolute Gasteiger partial charge is 0.441 e. The maximum atomic E-state index is 12.4. The van der Waals surface area contributed by atoms with Gasteiger partial charge in [0.05, 0.1) is 6.61 Å². The molecule has 1 aromatic heterocycles. The molecule has 1 amide bonds. The molecule has 0 aliphatic carbocycles. The summed E-state index contributed by atoms with van der Waals surface area (Å²) in [5.41, 5.74) is 4.35. The number of ether oxygens (including phenoxy) is 3. The first-order chi connectivity index (χ1) is 15.6. The zero-order valence-electron chi connectivity index (χ0n) is 18.4. The highest BCUT2D eigenvalue weighted by Gasteiger charge is 2.51. The molecule has 3 aromatic rings. The average Bonchev–Trinajstić information content (AvgIpc) is 3.49. The lowest BCUT2D eigenvalue weighted by Gasteiger charge is -2.17. The van der Waals surface area contributed by atoms with Crippen molar-refractivity contribution in [2.24, 2.45) is 0 Å². The zero-order valence-corrected chi connectivity index (χ0v) is 18.4. The number of rotatable bonds is 6. The molecule has 2 aromatic carbocycles. The van der Waals surface area contributed by atoms with Gasteiger partial charge in [-0.05, 0) is 29.7 Å². The van der Waals surface area contributed by atoms with Crippen LogP contribution in [0.25, 0.3) is 10.9 Å². The number of quaternary nitrogens is 1. The molecule has 32 heavy (non-hydrogen) atoms. The normalized spacial score (nSPS) is 24.7. The Morgan fingerprint density at radius 1 is 1.12 bits per heavy atom. The summed E-state index contributed by atoms with van der Waals surface area (Å²) < 4.78 is 17.6. The molecule has 2 aliphatic heterocycles. The van der Waals surface area contributed by atoms with Crippen LogP contribution in [0.3, 0.4) is 0 Å². The molecule has 7 heteroatoms. The van der Waals surface area contributed by atoms with Gasteiger partial charge in [-0.15, -0.1) is 0 Å². The van der Waals surface area contributed by atoms with E-state index in [-0.39, 0.29) is 18.2 Å². The molecule has 0 saturated carbocycles. The minimum atomic E-state index is -0.480. The smallest absolute Gasteiger partial charge is 0.412 e. The van der Waals surface area contributed by atoms with Gasteiger partial charge >= 0.3 is 6.09 Å². The minimum absolute atomic E-state index is 0.0802. The van der Waals surface area contributed by atoms with Gasteiger partial charge < -0.3 is 24.5 Å². The quantitative estimate of drug-likeness (QED) is 0.554. The number of amides is 1. The summed E-state index contributed by atoms with van der Waals surface area (Å²) in [7, 11) is 0. The number of nitrogens with two attached hydrogens (primary N) is 1. The molecule has 2 saturated heterocycles. The van der Waals surface area contributed by atoms with Crippen molar-refractivity contribution in [2.75, 3.05) is 18.5 Å². The molecule has 2 fully saturated rings. The Morgan fingerprint density at radius 3 is 2.72 bits per heavy atom. The lowest BCUT2D eigenvalue weighted by molar-refractivity contribution is -0.707. The van der Waals surface area contributed by atoms with Crippen molar-refractivity contribution >= 4 is 22.7 Å². The number of nitrogens with one attached hydrogen (secondary N) is 2. The molecule has 0 spiro atoms. The van der Waals surface area contributed by atoms with Gasteiger partial charge in [0.15, 0.2) is 6.10 Å². The molecular formula is C25H30N3O4+. The monoisotopic (exact) mass is 436 g/mol. The van der Waals surface area contributed by atoms with Gasteiger partial charge in [-0.25, -0.2) is 4.79 Å². The molecular weight excluding hydrogens is 406 g/mol. The van der Waals surface area contributed by atoms with E-state index < -0.39 is 12.2 Å². The van der Waals surface area contributed by atoms with E-state index in [1.54, 1.807) is 0 Å². The molecule has 5 rings (SSSR count). The number of carbonyl (C=O) groups excluding carboxylic acids is 1. The molecule has 0 radical (unpaired) electrons. The fraction of sp³-hybridized carbons (Fsp3) is 0.400. The Balaban J connectivity index is 1.14. The van der Waals surface area contributed by atoms with E-state index >= 15 is 0 Å². The van der Waals surface area contributed by atoms with Crippen molar-refractivity contribution in [3.8, 4) is 0 Å². The maximum Gasteiger partial charge on any atom is 0.412 e. The van der Waals surface area contributed by atoms with Gasteiger partial charge in [0, 0.05) is 28.4 Å². The zero-order chi connectivity index (χ0) is 22.1. The van der Waals surface area contributed by atoms with Crippen LogP contribution in [0.4, 0.5) is 10.5 Å². The lowest BCUT2D eigenvalue weighted by atomic mass is 10.0. The third-order valence-electron chi connectivity index (χ3n) is 6.44. The van der Waals surface area contributed by atoms with Crippen LogP contribution in [-0.2, 0) is 20.8 Å². The Hall–Kier alpha value is -2.87. The fourth-order valence-electron chi connectivity index (χ4n) is 4.61. The number of hydrogen-bond donors (Lipinski definition) is 3. The predicted molar refractivity (Wildman–Crippen MR) is 122 cm³/mol. The first-order valence-electron chi connectivity index (χ1n) is 11.3. The van der Waals surface area contributed by atoms with Gasteiger partial charge in [-0.2, -0.15) is 0 Å². The van der Waals surface area contributed by atoms with Crippen LogP contribution in [0.2, 0.25) is 0 Å². The molecule has 7 nitrogen and oxygen atoms in total. The Morgan fingerprint density at radius 2 is 1.91 bits per heavy atom. The average molecular weight is 437 g/mol. The van der Waals surface area contributed by atoms with Crippen molar-refractivity contribution in [3.63, 3.8) is 0 Å². The first-order valence-corrected chi connectivity index (χ1v) is 11.3. The van der Waals surface area contributed by atoms with E-state index in [1.165, 1.54) is 16.5 Å². The van der Waals surface area contributed by atoms with E-state index in [9.17, 15) is 4.79 Å². The lowest BCUT2D eigenvalue weighted by Crippen LogP contribution is -2.91. The predicted octanol–water partition coefficient (Wildman–Crippen LogP) is 3.14. The minimum Gasteiger partial charge on any atom is -0.441 e. The summed E-state index contributed by atoms with van der Waals surface area (Å²) in [6.07, 6.45) is 0.873.